The molecule has 0 atom stereocenters. The molecule has 0 aromatic carbocycles. The van der Waals surface area contributed by atoms with E-state index in [2.05, 4.69) is 4.98 Å². The summed E-state index contributed by atoms with van der Waals surface area (Å²) in [5, 5.41) is -1.19. The molecule has 1 nitrogen and oxygen atoms in total. The number of hydrogen-bond donors (Lipinski definition) is 0. The van der Waals surface area contributed by atoms with E-state index in [1.54, 1.807) is 0 Å². The van der Waals surface area contributed by atoms with Crippen molar-refractivity contribution in [1.29, 1.82) is 0 Å². The van der Waals surface area contributed by atoms with Gasteiger partial charge in [-0.25, -0.2) is 9.37 Å². The lowest BCUT2D eigenvalue weighted by Gasteiger charge is -2.30. The molecule has 1 aromatic heterocycles. The number of rotatable bonds is 1. The van der Waals surface area contributed by atoms with E-state index in [-0.39, 0.29) is 6.07 Å². The fraction of sp³-hybridized carbons (Fsp3) is 0.375. The third-order valence-corrected chi connectivity index (χ3v) is 2.21. The third kappa shape index (κ3) is 2.18. The minimum atomic E-state index is -6.18. The van der Waals surface area contributed by atoms with Crippen LogP contribution in [0.1, 0.15) is 5.56 Å². The SMILES string of the molecule is FC(F)(F)C(F)(c1cccnc1Cl)C(F)(F)F. The summed E-state index contributed by atoms with van der Waals surface area (Å²) >= 11 is 5.07. The van der Waals surface area contributed by atoms with Gasteiger partial charge in [-0.05, 0) is 6.07 Å². The smallest absolute Gasteiger partial charge is 0.244 e. The molecule has 0 fully saturated rings. The quantitative estimate of drug-likeness (QED) is 0.559. The van der Waals surface area contributed by atoms with E-state index < -0.39 is 28.7 Å². The van der Waals surface area contributed by atoms with Crippen molar-refractivity contribution in [3.05, 3.63) is 29.0 Å². The van der Waals surface area contributed by atoms with Gasteiger partial charge >= 0.3 is 18.0 Å². The summed E-state index contributed by atoms with van der Waals surface area (Å²) in [5.74, 6) is 0. The van der Waals surface area contributed by atoms with Crippen molar-refractivity contribution in [3.63, 3.8) is 0 Å². The number of halogens is 8. The molecule has 0 saturated heterocycles. The molecule has 96 valence electrons. The Morgan fingerprint density at radius 2 is 1.41 bits per heavy atom. The maximum absolute atomic E-state index is 13.4. The first kappa shape index (κ1) is 14.0. The topological polar surface area (TPSA) is 12.9 Å². The normalized spacial score (nSPS) is 13.9. The molecule has 0 radical (unpaired) electrons. The van der Waals surface area contributed by atoms with Crippen LogP contribution in [-0.2, 0) is 5.67 Å². The van der Waals surface area contributed by atoms with Crippen LogP contribution in [0.25, 0.3) is 0 Å². The first-order chi connectivity index (χ1) is 7.52. The van der Waals surface area contributed by atoms with Gasteiger partial charge in [-0.2, -0.15) is 26.3 Å². The lowest BCUT2D eigenvalue weighted by molar-refractivity contribution is -0.348. The largest absolute Gasteiger partial charge is 0.436 e. The minimum Gasteiger partial charge on any atom is -0.244 e. The van der Waals surface area contributed by atoms with Crippen molar-refractivity contribution in [2.75, 3.05) is 0 Å². The Labute approximate surface area is 95.2 Å². The predicted molar refractivity (Wildman–Crippen MR) is 44.1 cm³/mol. The highest BCUT2D eigenvalue weighted by molar-refractivity contribution is 6.30. The van der Waals surface area contributed by atoms with Gasteiger partial charge in [0.05, 0.1) is 0 Å². The van der Waals surface area contributed by atoms with Crippen LogP contribution in [-0.4, -0.2) is 17.3 Å². The fourth-order valence-corrected chi connectivity index (χ4v) is 1.36. The average Bonchev–Trinajstić information content (AvgIpc) is 2.13. The molecule has 0 unspecified atom stereocenters. The fourth-order valence-electron chi connectivity index (χ4n) is 1.11. The van der Waals surface area contributed by atoms with Gasteiger partial charge in [0.1, 0.15) is 5.15 Å². The van der Waals surface area contributed by atoms with Gasteiger partial charge in [-0.1, -0.05) is 17.7 Å². The molecule has 0 spiro atoms. The molecule has 0 bridgehead atoms. The molecule has 1 heterocycles. The first-order valence-electron chi connectivity index (χ1n) is 3.95. The second-order valence-electron chi connectivity index (χ2n) is 3.00. The van der Waals surface area contributed by atoms with Gasteiger partial charge in [0.15, 0.2) is 0 Å². The van der Waals surface area contributed by atoms with E-state index >= 15 is 0 Å². The van der Waals surface area contributed by atoms with Crippen molar-refractivity contribution < 1.29 is 30.7 Å². The van der Waals surface area contributed by atoms with Gasteiger partial charge in [0, 0.05) is 11.8 Å². The van der Waals surface area contributed by atoms with Gasteiger partial charge in [-0.3, -0.25) is 0 Å². The van der Waals surface area contributed by atoms with E-state index in [0.717, 1.165) is 12.3 Å². The molecule has 0 N–H and O–H groups in total. The van der Waals surface area contributed by atoms with Gasteiger partial charge in [0.2, 0.25) is 0 Å². The second kappa shape index (κ2) is 4.01. The van der Waals surface area contributed by atoms with Crippen LogP contribution in [0.2, 0.25) is 5.15 Å². The number of pyridine rings is 1. The van der Waals surface area contributed by atoms with Crippen LogP contribution >= 0.6 is 11.6 Å². The summed E-state index contributed by atoms with van der Waals surface area (Å²) in [6.45, 7) is 0. The van der Waals surface area contributed by atoms with Gasteiger partial charge in [0.25, 0.3) is 0 Å². The third-order valence-electron chi connectivity index (χ3n) is 1.91. The van der Waals surface area contributed by atoms with E-state index in [1.165, 1.54) is 0 Å². The maximum Gasteiger partial charge on any atom is 0.436 e. The Hall–Kier alpha value is -1.05. The highest BCUT2D eigenvalue weighted by atomic mass is 35.5. The molecule has 0 aliphatic carbocycles. The Morgan fingerprint density at radius 1 is 0.941 bits per heavy atom. The summed E-state index contributed by atoms with van der Waals surface area (Å²) in [5.41, 5.74) is -7.31. The lowest BCUT2D eigenvalue weighted by Crippen LogP contribution is -2.50. The molecule has 17 heavy (non-hydrogen) atoms. The summed E-state index contributed by atoms with van der Waals surface area (Å²) in [6.07, 6.45) is -11.5. The standard InChI is InChI=1S/C8H3ClF7N/c9-5-4(2-1-3-17-5)6(10,7(11,12)13)8(14,15)16/h1-3H. The number of hydrogen-bond acceptors (Lipinski definition) is 1. The zero-order chi connectivity index (χ0) is 13.5. The molecule has 0 aliphatic rings. The Kier molecular flexibility index (Phi) is 3.30. The lowest BCUT2D eigenvalue weighted by atomic mass is 9.96. The molecule has 0 aliphatic heterocycles. The van der Waals surface area contributed by atoms with E-state index in [1.807, 2.05) is 0 Å². The Bertz CT molecular complexity index is 397. The van der Waals surface area contributed by atoms with Crippen molar-refractivity contribution in [2.45, 2.75) is 18.0 Å². The Morgan fingerprint density at radius 3 is 1.76 bits per heavy atom. The van der Waals surface area contributed by atoms with Crippen LogP contribution in [0.15, 0.2) is 18.3 Å². The predicted octanol–water partition coefficient (Wildman–Crippen LogP) is 4.02. The van der Waals surface area contributed by atoms with Crippen molar-refractivity contribution >= 4 is 11.6 Å². The van der Waals surface area contributed by atoms with Crippen LogP contribution in [0, 0.1) is 0 Å². The zero-order valence-corrected chi connectivity index (χ0v) is 8.46. The number of nitrogens with zero attached hydrogens (tertiary/aromatic N) is 1. The summed E-state index contributed by atoms with van der Waals surface area (Å²) in [7, 11) is 0. The maximum atomic E-state index is 13.4. The monoisotopic (exact) mass is 281 g/mol. The molecular formula is C8H3ClF7N. The summed E-state index contributed by atoms with van der Waals surface area (Å²) in [6, 6.07) is 1.02. The van der Waals surface area contributed by atoms with Crippen LogP contribution in [0.4, 0.5) is 30.7 Å². The van der Waals surface area contributed by atoms with Gasteiger partial charge in [-0.15, -0.1) is 0 Å². The number of alkyl halides is 7. The second-order valence-corrected chi connectivity index (χ2v) is 3.35. The van der Waals surface area contributed by atoms with Crippen LogP contribution < -0.4 is 0 Å². The highest BCUT2D eigenvalue weighted by Gasteiger charge is 2.74. The van der Waals surface area contributed by atoms with Crippen LogP contribution in [0.5, 0.6) is 0 Å². The molecular weight excluding hydrogens is 279 g/mol. The van der Waals surface area contributed by atoms with Crippen molar-refractivity contribution in [2.24, 2.45) is 0 Å². The molecule has 1 aromatic rings. The van der Waals surface area contributed by atoms with E-state index in [9.17, 15) is 30.7 Å². The molecule has 0 saturated carbocycles. The Balaban J connectivity index is 3.53. The molecule has 0 amide bonds. The molecule has 1 rings (SSSR count). The van der Waals surface area contributed by atoms with E-state index in [0.29, 0.717) is 0 Å². The summed E-state index contributed by atoms with van der Waals surface area (Å²) in [4.78, 5) is 3.00. The average molecular weight is 282 g/mol. The van der Waals surface area contributed by atoms with Crippen molar-refractivity contribution in [3.8, 4) is 0 Å². The van der Waals surface area contributed by atoms with E-state index in [4.69, 9.17) is 11.6 Å². The summed E-state index contributed by atoms with van der Waals surface area (Å²) < 4.78 is 87.1. The molecule has 9 heteroatoms. The first-order valence-corrected chi connectivity index (χ1v) is 4.33. The van der Waals surface area contributed by atoms with Gasteiger partial charge < -0.3 is 0 Å². The zero-order valence-electron chi connectivity index (χ0n) is 7.70. The highest BCUT2D eigenvalue weighted by Crippen LogP contribution is 2.54. The van der Waals surface area contributed by atoms with Crippen molar-refractivity contribution in [1.82, 2.24) is 4.98 Å². The van der Waals surface area contributed by atoms with Crippen LogP contribution in [0.3, 0.4) is 0 Å². The minimum absolute atomic E-state index is 0.288. The number of aromatic nitrogens is 1.